The number of hydrogen-bond donors (Lipinski definition) is 1. The normalized spacial score (nSPS) is 16.4. The van der Waals surface area contributed by atoms with Gasteiger partial charge in [-0.15, -0.1) is 0 Å². The third kappa shape index (κ3) is 2.45. The Hall–Kier alpha value is -1.10. The van der Waals surface area contributed by atoms with Crippen LogP contribution in [-0.4, -0.2) is 22.4 Å². The summed E-state index contributed by atoms with van der Waals surface area (Å²) in [7, 11) is 0. The maximum atomic E-state index is 12.1. The van der Waals surface area contributed by atoms with Gasteiger partial charge >= 0.3 is 6.18 Å². The molecule has 0 aliphatic rings. The largest absolute Gasteiger partial charge is 0.414 e. The van der Waals surface area contributed by atoms with Gasteiger partial charge in [0.1, 0.15) is 0 Å². The monoisotopic (exact) mass is 205 g/mol. The Bertz CT molecular complexity index is 286. The Morgan fingerprint density at radius 2 is 2.00 bits per heavy atom. The van der Waals surface area contributed by atoms with E-state index >= 15 is 0 Å². The predicted molar refractivity (Wildman–Crippen MR) is 44.7 cm³/mol. The number of rotatable bonds is 2. The van der Waals surface area contributed by atoms with Gasteiger partial charge in [-0.3, -0.25) is 4.98 Å². The van der Waals surface area contributed by atoms with Gasteiger partial charge < -0.3 is 5.11 Å². The second-order valence-electron chi connectivity index (χ2n) is 3.03. The number of aromatic nitrogens is 1. The topological polar surface area (TPSA) is 33.1 Å². The summed E-state index contributed by atoms with van der Waals surface area (Å²) in [6.45, 7) is 1.29. The van der Waals surface area contributed by atoms with Crippen molar-refractivity contribution in [3.8, 4) is 0 Å². The van der Waals surface area contributed by atoms with E-state index in [1.807, 2.05) is 0 Å². The standard InChI is InChI=1S/C9H10F3NO/c1-6(8(14)9(10,11)12)7-4-2-3-5-13-7/h2-6,8,14H,1H3/t6-,8+/m0/s1. The zero-order chi connectivity index (χ0) is 10.8. The van der Waals surface area contributed by atoms with Crippen LogP contribution in [0.5, 0.6) is 0 Å². The second-order valence-corrected chi connectivity index (χ2v) is 3.03. The fourth-order valence-corrected chi connectivity index (χ4v) is 1.09. The molecule has 1 rings (SSSR count). The van der Waals surface area contributed by atoms with Crippen LogP contribution in [0.1, 0.15) is 18.5 Å². The Morgan fingerprint density at radius 3 is 2.43 bits per heavy atom. The van der Waals surface area contributed by atoms with Crippen molar-refractivity contribution in [1.82, 2.24) is 4.98 Å². The van der Waals surface area contributed by atoms with Gasteiger partial charge in [-0.1, -0.05) is 13.0 Å². The third-order valence-corrected chi connectivity index (χ3v) is 1.96. The van der Waals surface area contributed by atoms with E-state index in [9.17, 15) is 13.2 Å². The van der Waals surface area contributed by atoms with Crippen molar-refractivity contribution in [3.63, 3.8) is 0 Å². The quantitative estimate of drug-likeness (QED) is 0.802. The van der Waals surface area contributed by atoms with Crippen molar-refractivity contribution in [2.45, 2.75) is 25.1 Å². The van der Waals surface area contributed by atoms with Gasteiger partial charge in [0, 0.05) is 17.8 Å². The predicted octanol–water partition coefficient (Wildman–Crippen LogP) is 2.11. The van der Waals surface area contributed by atoms with Gasteiger partial charge in [-0.2, -0.15) is 13.2 Å². The third-order valence-electron chi connectivity index (χ3n) is 1.96. The number of halogens is 3. The number of aliphatic hydroxyl groups is 1. The molecule has 1 N–H and O–H groups in total. The van der Waals surface area contributed by atoms with Gasteiger partial charge in [-0.25, -0.2) is 0 Å². The lowest BCUT2D eigenvalue weighted by Gasteiger charge is -2.20. The average molecular weight is 205 g/mol. The highest BCUT2D eigenvalue weighted by atomic mass is 19.4. The summed E-state index contributed by atoms with van der Waals surface area (Å²) >= 11 is 0. The van der Waals surface area contributed by atoms with Gasteiger partial charge in [0.25, 0.3) is 0 Å². The van der Waals surface area contributed by atoms with Crippen LogP contribution in [-0.2, 0) is 0 Å². The van der Waals surface area contributed by atoms with E-state index in [-0.39, 0.29) is 5.69 Å². The van der Waals surface area contributed by atoms with E-state index in [1.165, 1.54) is 19.2 Å². The smallest absolute Gasteiger partial charge is 0.383 e. The zero-order valence-electron chi connectivity index (χ0n) is 7.49. The number of aliphatic hydroxyl groups excluding tert-OH is 1. The lowest BCUT2D eigenvalue weighted by molar-refractivity contribution is -0.209. The first-order valence-electron chi connectivity index (χ1n) is 4.08. The first kappa shape index (κ1) is 11.0. The van der Waals surface area contributed by atoms with Crippen LogP contribution in [0.2, 0.25) is 0 Å². The van der Waals surface area contributed by atoms with E-state index in [1.54, 1.807) is 12.1 Å². The Morgan fingerprint density at radius 1 is 1.36 bits per heavy atom. The molecule has 0 saturated carbocycles. The number of nitrogens with zero attached hydrogens (tertiary/aromatic N) is 1. The van der Waals surface area contributed by atoms with Gasteiger partial charge in [0.05, 0.1) is 0 Å². The fraction of sp³-hybridized carbons (Fsp3) is 0.444. The molecular formula is C9H10F3NO. The minimum Gasteiger partial charge on any atom is -0.383 e. The molecule has 0 bridgehead atoms. The molecule has 0 fully saturated rings. The molecule has 0 spiro atoms. The van der Waals surface area contributed by atoms with Crippen LogP contribution in [0.25, 0.3) is 0 Å². The summed E-state index contributed by atoms with van der Waals surface area (Å²) < 4.78 is 36.3. The highest BCUT2D eigenvalue weighted by molar-refractivity contribution is 5.10. The van der Waals surface area contributed by atoms with Crippen molar-refractivity contribution in [1.29, 1.82) is 0 Å². The van der Waals surface area contributed by atoms with Crippen LogP contribution in [0.15, 0.2) is 24.4 Å². The lowest BCUT2D eigenvalue weighted by atomic mass is 10.00. The molecule has 1 aromatic heterocycles. The highest BCUT2D eigenvalue weighted by Gasteiger charge is 2.42. The van der Waals surface area contributed by atoms with E-state index in [0.29, 0.717) is 0 Å². The molecular weight excluding hydrogens is 195 g/mol. The second kappa shape index (κ2) is 3.96. The minimum atomic E-state index is -4.60. The molecule has 0 unspecified atom stereocenters. The van der Waals surface area contributed by atoms with Gasteiger partial charge in [0.2, 0.25) is 0 Å². The maximum absolute atomic E-state index is 12.1. The Balaban J connectivity index is 2.81. The maximum Gasteiger partial charge on any atom is 0.414 e. The fourth-order valence-electron chi connectivity index (χ4n) is 1.09. The average Bonchev–Trinajstić information content (AvgIpc) is 2.15. The molecule has 0 amide bonds. The summed E-state index contributed by atoms with van der Waals surface area (Å²) in [5.74, 6) is -1.05. The highest BCUT2D eigenvalue weighted by Crippen LogP contribution is 2.30. The summed E-state index contributed by atoms with van der Waals surface area (Å²) in [5, 5.41) is 8.94. The summed E-state index contributed by atoms with van der Waals surface area (Å²) in [4.78, 5) is 3.75. The number of hydrogen-bond acceptors (Lipinski definition) is 2. The molecule has 0 aliphatic heterocycles. The summed E-state index contributed by atoms with van der Waals surface area (Å²) in [5.41, 5.74) is 0.234. The molecule has 2 atom stereocenters. The number of alkyl halides is 3. The van der Waals surface area contributed by atoms with Crippen LogP contribution in [0, 0.1) is 0 Å². The Labute approximate surface area is 79.4 Å². The van der Waals surface area contributed by atoms with E-state index in [0.717, 1.165) is 0 Å². The number of pyridine rings is 1. The Kier molecular flexibility index (Phi) is 3.10. The van der Waals surface area contributed by atoms with Crippen molar-refractivity contribution >= 4 is 0 Å². The lowest BCUT2D eigenvalue weighted by Crippen LogP contribution is -2.33. The molecule has 1 heterocycles. The van der Waals surface area contributed by atoms with Gasteiger partial charge in [0.15, 0.2) is 6.10 Å². The molecule has 0 aromatic carbocycles. The summed E-state index contributed by atoms with van der Waals surface area (Å²) in [6.07, 6.45) is -5.57. The molecule has 1 aromatic rings. The van der Waals surface area contributed by atoms with Crippen molar-refractivity contribution in [3.05, 3.63) is 30.1 Å². The molecule has 14 heavy (non-hydrogen) atoms. The molecule has 0 radical (unpaired) electrons. The van der Waals surface area contributed by atoms with E-state index in [4.69, 9.17) is 5.11 Å². The van der Waals surface area contributed by atoms with Crippen molar-refractivity contribution < 1.29 is 18.3 Å². The van der Waals surface area contributed by atoms with Gasteiger partial charge in [-0.05, 0) is 12.1 Å². The van der Waals surface area contributed by atoms with E-state index in [2.05, 4.69) is 4.98 Å². The SMILES string of the molecule is C[C@@H](c1ccccn1)[C@@H](O)C(F)(F)F. The van der Waals surface area contributed by atoms with Crippen molar-refractivity contribution in [2.24, 2.45) is 0 Å². The minimum absolute atomic E-state index is 0.234. The van der Waals surface area contributed by atoms with Crippen LogP contribution in [0.4, 0.5) is 13.2 Å². The molecule has 0 aliphatic carbocycles. The first-order valence-corrected chi connectivity index (χ1v) is 4.08. The molecule has 2 nitrogen and oxygen atoms in total. The van der Waals surface area contributed by atoms with Crippen LogP contribution < -0.4 is 0 Å². The van der Waals surface area contributed by atoms with Crippen LogP contribution >= 0.6 is 0 Å². The van der Waals surface area contributed by atoms with E-state index < -0.39 is 18.2 Å². The molecule has 78 valence electrons. The molecule has 0 saturated heterocycles. The van der Waals surface area contributed by atoms with Crippen molar-refractivity contribution in [2.75, 3.05) is 0 Å². The summed E-state index contributed by atoms with van der Waals surface area (Å²) in [6, 6.07) is 4.65. The van der Waals surface area contributed by atoms with Crippen LogP contribution in [0.3, 0.4) is 0 Å². The first-order chi connectivity index (χ1) is 6.43. The zero-order valence-corrected chi connectivity index (χ0v) is 7.49. The molecule has 5 heteroatoms.